The van der Waals surface area contributed by atoms with Crippen LogP contribution in [0.4, 0.5) is 10.1 Å². The predicted molar refractivity (Wildman–Crippen MR) is 68.4 cm³/mol. The van der Waals surface area contributed by atoms with E-state index in [2.05, 4.69) is 10.3 Å². The third-order valence-corrected chi connectivity index (χ3v) is 2.40. The first-order valence-corrected chi connectivity index (χ1v) is 5.44. The van der Waals surface area contributed by atoms with Gasteiger partial charge in [0, 0.05) is 11.8 Å². The Morgan fingerprint density at radius 1 is 1.32 bits per heavy atom. The number of nitrogens with zero attached hydrogens (tertiary/aromatic N) is 1. The van der Waals surface area contributed by atoms with Crippen molar-refractivity contribution in [3.8, 4) is 0 Å². The number of hydrogen-bond acceptors (Lipinski definition) is 4. The van der Waals surface area contributed by atoms with Crippen LogP contribution < -0.4 is 10.8 Å². The molecule has 2 aromatic rings. The van der Waals surface area contributed by atoms with Crippen molar-refractivity contribution >= 4 is 24.2 Å². The van der Waals surface area contributed by atoms with Gasteiger partial charge in [-0.3, -0.25) is 9.78 Å². The minimum absolute atomic E-state index is 0.00745. The molecule has 0 fully saturated rings. The molecule has 1 aromatic carbocycles. The highest BCUT2D eigenvalue weighted by molar-refractivity contribution is 6.58. The Bertz CT molecular complexity index is 593. The lowest BCUT2D eigenvalue weighted by Gasteiger charge is -2.07. The topological polar surface area (TPSA) is 82.5 Å². The summed E-state index contributed by atoms with van der Waals surface area (Å²) in [6, 6.07) is 6.44. The molecule has 7 heteroatoms. The van der Waals surface area contributed by atoms with Crippen LogP contribution in [0.25, 0.3) is 0 Å². The summed E-state index contributed by atoms with van der Waals surface area (Å²) in [6.07, 6.45) is 3.00. The van der Waals surface area contributed by atoms with Crippen LogP contribution in [-0.4, -0.2) is 28.1 Å². The van der Waals surface area contributed by atoms with E-state index in [4.69, 9.17) is 10.0 Å². The summed E-state index contributed by atoms with van der Waals surface area (Å²) in [4.78, 5) is 15.7. The number of aromatic nitrogens is 1. The number of carbonyl (C=O) groups is 1. The maximum absolute atomic E-state index is 13.3. The number of nitrogens with one attached hydrogen (secondary N) is 1. The highest BCUT2D eigenvalue weighted by atomic mass is 19.1. The quantitative estimate of drug-likeness (QED) is 0.686. The average molecular weight is 260 g/mol. The second-order valence-corrected chi connectivity index (χ2v) is 3.84. The lowest BCUT2D eigenvalue weighted by atomic mass is 9.79. The molecule has 0 atom stereocenters. The number of rotatable bonds is 3. The van der Waals surface area contributed by atoms with Gasteiger partial charge in [0.2, 0.25) is 0 Å². The van der Waals surface area contributed by atoms with Gasteiger partial charge in [-0.05, 0) is 35.8 Å². The van der Waals surface area contributed by atoms with Gasteiger partial charge in [-0.2, -0.15) is 0 Å². The van der Waals surface area contributed by atoms with E-state index in [9.17, 15) is 9.18 Å². The minimum Gasteiger partial charge on any atom is -0.423 e. The SMILES string of the molecule is O=C(Nc1cccnc1)c1cc(F)cc(B(O)O)c1. The van der Waals surface area contributed by atoms with Crippen LogP contribution in [0.2, 0.25) is 0 Å². The average Bonchev–Trinajstić information content (AvgIpc) is 2.39. The van der Waals surface area contributed by atoms with E-state index in [1.807, 2.05) is 0 Å². The monoisotopic (exact) mass is 260 g/mol. The molecule has 19 heavy (non-hydrogen) atoms. The van der Waals surface area contributed by atoms with Crippen molar-refractivity contribution < 1.29 is 19.2 Å². The maximum Gasteiger partial charge on any atom is 0.488 e. The molecular weight excluding hydrogens is 250 g/mol. The Morgan fingerprint density at radius 2 is 2.11 bits per heavy atom. The number of halogens is 1. The van der Waals surface area contributed by atoms with E-state index in [1.165, 1.54) is 12.3 Å². The normalized spacial score (nSPS) is 10.1. The predicted octanol–water partition coefficient (Wildman–Crippen LogP) is 0.153. The molecule has 1 amide bonds. The van der Waals surface area contributed by atoms with Gasteiger partial charge in [-0.15, -0.1) is 0 Å². The van der Waals surface area contributed by atoms with E-state index in [1.54, 1.807) is 18.3 Å². The molecule has 0 aliphatic rings. The van der Waals surface area contributed by atoms with Gasteiger partial charge < -0.3 is 15.4 Å². The molecule has 0 saturated carbocycles. The third kappa shape index (κ3) is 3.37. The standard InChI is InChI=1S/C12H10BFN2O3/c14-10-5-8(4-9(6-10)13(18)19)12(17)16-11-2-1-3-15-7-11/h1-7,18-19H,(H,16,17). The van der Waals surface area contributed by atoms with E-state index < -0.39 is 18.8 Å². The number of anilines is 1. The summed E-state index contributed by atoms with van der Waals surface area (Å²) < 4.78 is 13.3. The van der Waals surface area contributed by atoms with E-state index in [-0.39, 0.29) is 11.0 Å². The molecule has 0 bridgehead atoms. The zero-order valence-corrected chi connectivity index (χ0v) is 9.75. The molecule has 1 heterocycles. The van der Waals surface area contributed by atoms with Crippen molar-refractivity contribution in [2.75, 3.05) is 5.32 Å². The number of amides is 1. The summed E-state index contributed by atoms with van der Waals surface area (Å²) >= 11 is 0. The van der Waals surface area contributed by atoms with Gasteiger partial charge in [0.25, 0.3) is 5.91 Å². The van der Waals surface area contributed by atoms with Crippen LogP contribution in [0, 0.1) is 5.82 Å². The van der Waals surface area contributed by atoms with Gasteiger partial charge in [0.1, 0.15) is 5.82 Å². The van der Waals surface area contributed by atoms with Crippen LogP contribution >= 0.6 is 0 Å². The van der Waals surface area contributed by atoms with Gasteiger partial charge >= 0.3 is 7.12 Å². The third-order valence-electron chi connectivity index (χ3n) is 2.40. The van der Waals surface area contributed by atoms with Gasteiger partial charge in [0.05, 0.1) is 11.9 Å². The zero-order chi connectivity index (χ0) is 13.8. The van der Waals surface area contributed by atoms with Crippen molar-refractivity contribution in [2.45, 2.75) is 0 Å². The van der Waals surface area contributed by atoms with Crippen molar-refractivity contribution in [1.82, 2.24) is 4.98 Å². The highest BCUT2D eigenvalue weighted by Crippen LogP contribution is 2.08. The number of benzene rings is 1. The van der Waals surface area contributed by atoms with E-state index >= 15 is 0 Å². The summed E-state index contributed by atoms with van der Waals surface area (Å²) in [6.45, 7) is 0. The molecule has 3 N–H and O–H groups in total. The second kappa shape index (κ2) is 5.60. The van der Waals surface area contributed by atoms with Crippen molar-refractivity contribution in [2.24, 2.45) is 0 Å². The van der Waals surface area contributed by atoms with Gasteiger partial charge in [-0.1, -0.05) is 0 Å². The Morgan fingerprint density at radius 3 is 2.74 bits per heavy atom. The summed E-state index contributed by atoms with van der Waals surface area (Å²) in [5.41, 5.74) is 0.367. The molecule has 0 unspecified atom stereocenters. The Hall–Kier alpha value is -2.25. The van der Waals surface area contributed by atoms with E-state index in [0.717, 1.165) is 12.1 Å². The van der Waals surface area contributed by atoms with Crippen LogP contribution in [0.3, 0.4) is 0 Å². The smallest absolute Gasteiger partial charge is 0.423 e. The molecule has 0 saturated heterocycles. The fraction of sp³-hybridized carbons (Fsp3) is 0. The largest absolute Gasteiger partial charge is 0.488 e. The number of pyridine rings is 1. The molecule has 1 aromatic heterocycles. The molecule has 0 aliphatic heterocycles. The first-order valence-electron chi connectivity index (χ1n) is 5.44. The van der Waals surface area contributed by atoms with E-state index in [0.29, 0.717) is 5.69 Å². The highest BCUT2D eigenvalue weighted by Gasteiger charge is 2.16. The first kappa shape index (κ1) is 13.2. The Kier molecular flexibility index (Phi) is 3.89. The molecule has 2 rings (SSSR count). The molecule has 0 radical (unpaired) electrons. The lowest BCUT2D eigenvalue weighted by molar-refractivity contribution is 0.102. The maximum atomic E-state index is 13.3. The molecular formula is C12H10BFN2O3. The molecule has 96 valence electrons. The molecule has 0 spiro atoms. The van der Waals surface area contributed by atoms with Crippen molar-refractivity contribution in [3.05, 3.63) is 54.1 Å². The number of carbonyl (C=O) groups excluding carboxylic acids is 1. The van der Waals surface area contributed by atoms with Crippen LogP contribution in [-0.2, 0) is 0 Å². The Balaban J connectivity index is 2.24. The van der Waals surface area contributed by atoms with Crippen molar-refractivity contribution in [1.29, 1.82) is 0 Å². The van der Waals surface area contributed by atoms with Gasteiger partial charge in [-0.25, -0.2) is 4.39 Å². The number of hydrogen-bond donors (Lipinski definition) is 3. The lowest BCUT2D eigenvalue weighted by Crippen LogP contribution is -2.31. The summed E-state index contributed by atoms with van der Waals surface area (Å²) in [5, 5.41) is 20.5. The van der Waals surface area contributed by atoms with Crippen LogP contribution in [0.5, 0.6) is 0 Å². The molecule has 0 aliphatic carbocycles. The summed E-state index contributed by atoms with van der Waals surface area (Å²) in [5.74, 6) is -1.28. The fourth-order valence-corrected chi connectivity index (χ4v) is 1.53. The minimum atomic E-state index is -1.83. The molecule has 5 nitrogen and oxygen atoms in total. The second-order valence-electron chi connectivity index (χ2n) is 3.84. The van der Waals surface area contributed by atoms with Crippen LogP contribution in [0.1, 0.15) is 10.4 Å². The van der Waals surface area contributed by atoms with Crippen LogP contribution in [0.15, 0.2) is 42.7 Å². The summed E-state index contributed by atoms with van der Waals surface area (Å²) in [7, 11) is -1.83. The fourth-order valence-electron chi connectivity index (χ4n) is 1.53. The zero-order valence-electron chi connectivity index (χ0n) is 9.75. The first-order chi connectivity index (χ1) is 9.06. The van der Waals surface area contributed by atoms with Crippen molar-refractivity contribution in [3.63, 3.8) is 0 Å². The Labute approximate surface area is 108 Å². The van der Waals surface area contributed by atoms with Gasteiger partial charge in [0.15, 0.2) is 0 Å².